The second-order valence-corrected chi connectivity index (χ2v) is 13.9. The number of benzene rings is 1. The predicted octanol–water partition coefficient (Wildman–Crippen LogP) is 2.78. The first-order valence-electron chi connectivity index (χ1n) is 17.4. The van der Waals surface area contributed by atoms with Crippen molar-refractivity contribution < 1.29 is 29.3 Å². The minimum atomic E-state index is -1.15. The topological polar surface area (TPSA) is 146 Å². The zero-order chi connectivity index (χ0) is 33.8. The number of nitrogens with one attached hydrogen (secondary N) is 2. The number of morpholine rings is 1. The number of nitrogens with zero attached hydrogens (tertiary/aromatic N) is 3. The first-order chi connectivity index (χ1) is 22.6. The van der Waals surface area contributed by atoms with Crippen LogP contribution in [0.4, 0.5) is 0 Å². The Hall–Kier alpha value is -3.28. The van der Waals surface area contributed by atoms with Gasteiger partial charge in [-0.2, -0.15) is 0 Å². The Kier molecular flexibility index (Phi) is 14.2. The molecule has 0 spiro atoms. The number of aliphatic hydroxyl groups excluding tert-OH is 2. The maximum absolute atomic E-state index is 14.1. The highest BCUT2D eigenvalue weighted by Crippen LogP contribution is 2.29. The van der Waals surface area contributed by atoms with Crippen molar-refractivity contribution in [2.75, 3.05) is 26.3 Å². The van der Waals surface area contributed by atoms with E-state index >= 15 is 0 Å². The standard InChI is InChI=1S/C36H55N5O6/c1-25(2)18-32(42)34(44)30(20-27-12-8-5-9-13-27)38-36(46)31(22-29-23-40(3)24-37-29)39-35(45)28(19-26-10-6-4-7-11-26)21-33(43)41-14-16-47-17-15-41/h4,6-7,10-11,23-25,27-28,30-32,34,42,44H,5,8-9,12-22H2,1-3H3,(H,38,46)(H,39,45)/t28-,30+,31+,32+,34-/m1/s1. The zero-order valence-corrected chi connectivity index (χ0v) is 28.4. The van der Waals surface area contributed by atoms with Crippen LogP contribution in [0.2, 0.25) is 0 Å². The highest BCUT2D eigenvalue weighted by atomic mass is 16.5. The van der Waals surface area contributed by atoms with Gasteiger partial charge in [-0.05, 0) is 36.7 Å². The lowest BCUT2D eigenvalue weighted by atomic mass is 9.82. The van der Waals surface area contributed by atoms with E-state index < -0.39 is 42.0 Å². The lowest BCUT2D eigenvalue weighted by Gasteiger charge is -2.34. The molecule has 0 radical (unpaired) electrons. The van der Waals surface area contributed by atoms with E-state index in [0.29, 0.717) is 57.2 Å². The van der Waals surface area contributed by atoms with E-state index in [0.717, 1.165) is 31.2 Å². The third-order valence-electron chi connectivity index (χ3n) is 9.44. The number of amides is 3. The zero-order valence-electron chi connectivity index (χ0n) is 28.4. The quantitative estimate of drug-likeness (QED) is 0.218. The fourth-order valence-corrected chi connectivity index (χ4v) is 6.83. The third kappa shape index (κ3) is 11.7. The van der Waals surface area contributed by atoms with Gasteiger partial charge in [0.1, 0.15) is 12.1 Å². The van der Waals surface area contributed by atoms with Gasteiger partial charge in [0.05, 0.1) is 43.3 Å². The molecule has 260 valence electrons. The molecule has 0 bridgehead atoms. The average molecular weight is 654 g/mol. The maximum atomic E-state index is 14.1. The van der Waals surface area contributed by atoms with E-state index in [2.05, 4.69) is 15.6 Å². The highest BCUT2D eigenvalue weighted by Gasteiger charge is 2.35. The van der Waals surface area contributed by atoms with Crippen molar-refractivity contribution in [3.8, 4) is 0 Å². The number of carbonyl (C=O) groups excluding carboxylic acids is 3. The van der Waals surface area contributed by atoms with Gasteiger partial charge in [0, 0.05) is 39.2 Å². The predicted molar refractivity (Wildman–Crippen MR) is 179 cm³/mol. The Morgan fingerprint density at radius 2 is 1.68 bits per heavy atom. The van der Waals surface area contributed by atoms with Crippen LogP contribution < -0.4 is 10.6 Å². The van der Waals surface area contributed by atoms with E-state index in [9.17, 15) is 24.6 Å². The van der Waals surface area contributed by atoms with Crippen molar-refractivity contribution in [2.45, 2.75) is 102 Å². The Bertz CT molecular complexity index is 1260. The molecule has 4 N–H and O–H groups in total. The first kappa shape index (κ1) is 36.6. The summed E-state index contributed by atoms with van der Waals surface area (Å²) in [6, 6.07) is 7.88. The van der Waals surface area contributed by atoms with Gasteiger partial charge in [0.2, 0.25) is 17.7 Å². The van der Waals surface area contributed by atoms with Crippen LogP contribution in [0, 0.1) is 17.8 Å². The Morgan fingerprint density at radius 3 is 2.32 bits per heavy atom. The molecule has 2 aromatic rings. The Labute approximate surface area is 279 Å². The minimum absolute atomic E-state index is 0.00304. The maximum Gasteiger partial charge on any atom is 0.243 e. The molecule has 1 saturated heterocycles. The molecule has 4 rings (SSSR count). The molecule has 1 aliphatic carbocycles. The van der Waals surface area contributed by atoms with E-state index in [1.807, 2.05) is 51.2 Å². The normalized spacial score (nSPS) is 19.1. The molecule has 2 aliphatic rings. The van der Waals surface area contributed by atoms with Gasteiger partial charge in [-0.3, -0.25) is 14.4 Å². The number of aliphatic hydroxyl groups is 2. The summed E-state index contributed by atoms with van der Waals surface area (Å²) in [5.41, 5.74) is 1.55. The molecule has 47 heavy (non-hydrogen) atoms. The van der Waals surface area contributed by atoms with Crippen LogP contribution in [0.3, 0.4) is 0 Å². The van der Waals surface area contributed by atoms with E-state index in [1.165, 1.54) is 6.42 Å². The largest absolute Gasteiger partial charge is 0.390 e. The van der Waals surface area contributed by atoms with Crippen molar-refractivity contribution in [2.24, 2.45) is 24.8 Å². The van der Waals surface area contributed by atoms with Crippen LogP contribution in [-0.4, -0.2) is 93.0 Å². The second kappa shape index (κ2) is 18.3. The highest BCUT2D eigenvalue weighted by molar-refractivity contribution is 5.91. The lowest BCUT2D eigenvalue weighted by molar-refractivity contribution is -0.140. The summed E-state index contributed by atoms with van der Waals surface area (Å²) in [7, 11) is 1.84. The number of rotatable bonds is 16. The summed E-state index contributed by atoms with van der Waals surface area (Å²) in [5, 5.41) is 28.2. The Balaban J connectivity index is 1.55. The van der Waals surface area contributed by atoms with Gasteiger partial charge in [0.25, 0.3) is 0 Å². The minimum Gasteiger partial charge on any atom is -0.390 e. The molecule has 2 heterocycles. The lowest BCUT2D eigenvalue weighted by Crippen LogP contribution is -2.56. The molecule has 0 unspecified atom stereocenters. The molecule has 11 nitrogen and oxygen atoms in total. The third-order valence-corrected chi connectivity index (χ3v) is 9.44. The number of carbonyl (C=O) groups is 3. The monoisotopic (exact) mass is 653 g/mol. The summed E-state index contributed by atoms with van der Waals surface area (Å²) in [6.45, 7) is 5.87. The molecule has 1 saturated carbocycles. The number of hydrogen-bond donors (Lipinski definition) is 4. The fraction of sp³-hybridized carbons (Fsp3) is 0.667. The smallest absolute Gasteiger partial charge is 0.243 e. The van der Waals surface area contributed by atoms with Crippen LogP contribution in [-0.2, 0) is 39.0 Å². The van der Waals surface area contributed by atoms with Crippen LogP contribution in [0.5, 0.6) is 0 Å². The molecule has 1 aromatic heterocycles. The van der Waals surface area contributed by atoms with Gasteiger partial charge in [-0.15, -0.1) is 0 Å². The molecule has 5 atom stereocenters. The van der Waals surface area contributed by atoms with Crippen LogP contribution in [0.1, 0.15) is 76.5 Å². The summed E-state index contributed by atoms with van der Waals surface area (Å²) in [5.74, 6) is -1.16. The fourth-order valence-electron chi connectivity index (χ4n) is 6.83. The summed E-state index contributed by atoms with van der Waals surface area (Å²) in [4.78, 5) is 47.6. The number of aryl methyl sites for hydroxylation is 1. The van der Waals surface area contributed by atoms with Crippen molar-refractivity contribution in [3.63, 3.8) is 0 Å². The molecular formula is C36H55N5O6. The molecule has 1 aliphatic heterocycles. The molecule has 3 amide bonds. The van der Waals surface area contributed by atoms with Crippen LogP contribution in [0.15, 0.2) is 42.9 Å². The van der Waals surface area contributed by atoms with E-state index in [4.69, 9.17) is 4.74 Å². The number of imidazole rings is 1. The van der Waals surface area contributed by atoms with Gasteiger partial charge < -0.3 is 35.1 Å². The van der Waals surface area contributed by atoms with Gasteiger partial charge in [0.15, 0.2) is 0 Å². The first-order valence-corrected chi connectivity index (χ1v) is 17.4. The number of hydrogen-bond acceptors (Lipinski definition) is 7. The van der Waals surface area contributed by atoms with Gasteiger partial charge in [-0.25, -0.2) is 4.98 Å². The van der Waals surface area contributed by atoms with Crippen molar-refractivity contribution in [1.29, 1.82) is 0 Å². The average Bonchev–Trinajstić information content (AvgIpc) is 3.48. The van der Waals surface area contributed by atoms with E-state index in [1.54, 1.807) is 22.0 Å². The molecule has 2 fully saturated rings. The van der Waals surface area contributed by atoms with Crippen molar-refractivity contribution in [3.05, 3.63) is 54.1 Å². The van der Waals surface area contributed by atoms with Crippen LogP contribution >= 0.6 is 0 Å². The van der Waals surface area contributed by atoms with Crippen molar-refractivity contribution >= 4 is 17.7 Å². The molecule has 1 aromatic carbocycles. The van der Waals surface area contributed by atoms with Crippen LogP contribution in [0.25, 0.3) is 0 Å². The SMILES string of the molecule is CC(C)C[C@H](O)[C@H](O)[C@H](CC1CCCCC1)NC(=O)[C@H](Cc1cn(C)cn1)NC(=O)[C@@H](CC(=O)N1CCOCC1)Cc1ccccc1. The van der Waals surface area contributed by atoms with Crippen molar-refractivity contribution in [1.82, 2.24) is 25.1 Å². The molecular weight excluding hydrogens is 598 g/mol. The summed E-state index contributed by atoms with van der Waals surface area (Å²) >= 11 is 0. The molecule has 11 heteroatoms. The Morgan fingerprint density at radius 1 is 0.979 bits per heavy atom. The summed E-state index contributed by atoms with van der Waals surface area (Å²) < 4.78 is 7.19. The summed E-state index contributed by atoms with van der Waals surface area (Å²) in [6.07, 6.45) is 8.19. The van der Waals surface area contributed by atoms with E-state index in [-0.39, 0.29) is 24.7 Å². The number of aromatic nitrogens is 2. The van der Waals surface area contributed by atoms with Gasteiger partial charge in [-0.1, -0.05) is 76.3 Å². The van der Waals surface area contributed by atoms with Gasteiger partial charge >= 0.3 is 0 Å². The second-order valence-electron chi connectivity index (χ2n) is 13.9. The number of ether oxygens (including phenoxy) is 1.